The maximum Gasteiger partial charge on any atom is 0.255 e. The molecule has 3 heteroatoms. The van der Waals surface area contributed by atoms with E-state index in [4.69, 9.17) is 0 Å². The highest BCUT2D eigenvalue weighted by atomic mass is 32.1. The van der Waals surface area contributed by atoms with Crippen LogP contribution in [0.3, 0.4) is 0 Å². The minimum atomic E-state index is 0.0130. The first-order valence-electron chi connectivity index (χ1n) is 6.42. The first kappa shape index (κ1) is 11.4. The third-order valence-electron chi connectivity index (χ3n) is 3.44. The zero-order chi connectivity index (χ0) is 13.5. The van der Waals surface area contributed by atoms with Crippen molar-refractivity contribution in [3.8, 4) is 10.4 Å². The summed E-state index contributed by atoms with van der Waals surface area (Å²) in [6.45, 7) is 0. The van der Waals surface area contributed by atoms with Crippen LogP contribution in [0, 0.1) is 0 Å². The smallest absolute Gasteiger partial charge is 0.255 e. The van der Waals surface area contributed by atoms with Gasteiger partial charge < -0.3 is 0 Å². The van der Waals surface area contributed by atoms with Gasteiger partial charge in [0.1, 0.15) is 0 Å². The van der Waals surface area contributed by atoms with Crippen molar-refractivity contribution in [2.24, 2.45) is 0 Å². The molecule has 0 saturated carbocycles. The largest absolute Gasteiger partial charge is 0.283 e. The Kier molecular flexibility index (Phi) is 2.47. The summed E-state index contributed by atoms with van der Waals surface area (Å²) in [6.07, 6.45) is 1.85. The van der Waals surface area contributed by atoms with E-state index in [1.165, 1.54) is 15.8 Å². The van der Waals surface area contributed by atoms with E-state index in [1.807, 2.05) is 42.6 Å². The van der Waals surface area contributed by atoms with E-state index >= 15 is 0 Å². The predicted molar refractivity (Wildman–Crippen MR) is 84.5 cm³/mol. The van der Waals surface area contributed by atoms with E-state index in [9.17, 15) is 4.79 Å². The fraction of sp³-hybridized carbons (Fsp3) is 0. The third-order valence-corrected chi connectivity index (χ3v) is 4.67. The Morgan fingerprint density at radius 1 is 0.900 bits per heavy atom. The lowest BCUT2D eigenvalue weighted by atomic mass is 10.2. The van der Waals surface area contributed by atoms with E-state index in [-0.39, 0.29) is 5.56 Å². The minimum absolute atomic E-state index is 0.0130. The molecule has 0 amide bonds. The predicted octanol–water partition coefficient (Wildman–Crippen LogP) is 4.18. The molecule has 20 heavy (non-hydrogen) atoms. The second kappa shape index (κ2) is 4.32. The van der Waals surface area contributed by atoms with E-state index in [2.05, 4.69) is 18.2 Å². The summed E-state index contributed by atoms with van der Waals surface area (Å²) in [6, 6.07) is 19.9. The number of thiophene rings is 1. The van der Waals surface area contributed by atoms with Crippen LogP contribution < -0.4 is 5.56 Å². The van der Waals surface area contributed by atoms with Gasteiger partial charge in [0.2, 0.25) is 0 Å². The van der Waals surface area contributed by atoms with Crippen LogP contribution in [0.5, 0.6) is 0 Å². The lowest BCUT2D eigenvalue weighted by molar-refractivity contribution is 1.11. The van der Waals surface area contributed by atoms with Gasteiger partial charge >= 0.3 is 0 Å². The van der Waals surface area contributed by atoms with Gasteiger partial charge in [-0.15, -0.1) is 11.3 Å². The van der Waals surface area contributed by atoms with Gasteiger partial charge in [-0.1, -0.05) is 36.4 Å². The highest BCUT2D eigenvalue weighted by molar-refractivity contribution is 7.23. The van der Waals surface area contributed by atoms with E-state index in [0.29, 0.717) is 0 Å². The van der Waals surface area contributed by atoms with Crippen LogP contribution >= 0.6 is 11.3 Å². The number of rotatable bonds is 1. The number of hydrogen-bond acceptors (Lipinski definition) is 2. The summed E-state index contributed by atoms with van der Waals surface area (Å²) in [5, 5.41) is 1.18. The number of nitrogens with zero attached hydrogens (tertiary/aromatic N) is 1. The molecule has 96 valence electrons. The zero-order valence-corrected chi connectivity index (χ0v) is 11.4. The Morgan fingerprint density at radius 3 is 2.60 bits per heavy atom. The van der Waals surface area contributed by atoms with Gasteiger partial charge in [-0.2, -0.15) is 0 Å². The van der Waals surface area contributed by atoms with Gasteiger partial charge in [0.05, 0.1) is 10.2 Å². The van der Waals surface area contributed by atoms with Gasteiger partial charge in [-0.25, -0.2) is 0 Å². The summed E-state index contributed by atoms with van der Waals surface area (Å²) in [5.74, 6) is 0. The molecule has 0 aliphatic rings. The van der Waals surface area contributed by atoms with Crippen molar-refractivity contribution >= 4 is 26.9 Å². The maximum atomic E-state index is 11.9. The molecule has 0 fully saturated rings. The van der Waals surface area contributed by atoms with Gasteiger partial charge in [-0.3, -0.25) is 9.20 Å². The fourth-order valence-electron chi connectivity index (χ4n) is 2.47. The lowest BCUT2D eigenvalue weighted by Gasteiger charge is -2.00. The lowest BCUT2D eigenvalue weighted by Crippen LogP contribution is -2.10. The molecule has 4 aromatic rings. The molecular weight excluding hydrogens is 266 g/mol. The van der Waals surface area contributed by atoms with Gasteiger partial charge in [0.15, 0.2) is 0 Å². The molecule has 3 aromatic heterocycles. The Hall–Kier alpha value is -2.39. The normalized spacial score (nSPS) is 11.2. The second-order valence-electron chi connectivity index (χ2n) is 4.70. The number of aromatic nitrogens is 1. The summed E-state index contributed by atoms with van der Waals surface area (Å²) < 4.78 is 2.86. The Morgan fingerprint density at radius 2 is 1.75 bits per heavy atom. The molecule has 3 heterocycles. The van der Waals surface area contributed by atoms with Crippen LogP contribution in [0.2, 0.25) is 0 Å². The van der Waals surface area contributed by atoms with Crippen LogP contribution in [-0.4, -0.2) is 4.40 Å². The Balaban J connectivity index is 2.07. The first-order valence-corrected chi connectivity index (χ1v) is 7.24. The average Bonchev–Trinajstić information content (AvgIpc) is 2.93. The van der Waals surface area contributed by atoms with Crippen molar-refractivity contribution < 1.29 is 0 Å². The van der Waals surface area contributed by atoms with Crippen molar-refractivity contribution in [3.05, 3.63) is 77.2 Å². The van der Waals surface area contributed by atoms with Crippen molar-refractivity contribution in [3.63, 3.8) is 0 Å². The molecule has 1 aromatic carbocycles. The molecular formula is C17H11NOS. The van der Waals surface area contributed by atoms with Crippen LogP contribution in [0.15, 0.2) is 71.7 Å². The van der Waals surface area contributed by atoms with E-state index < -0.39 is 0 Å². The average molecular weight is 277 g/mol. The molecule has 0 N–H and O–H groups in total. The standard InChI is InChI=1S/C17H11NOS/c19-16-8-4-7-14-17-13(9-10-18(14)16)11-15(20-17)12-5-2-1-3-6-12/h1-11H. The molecule has 0 bridgehead atoms. The SMILES string of the molecule is O=c1cccc2c3sc(-c4ccccc4)cc3ccn12. The van der Waals surface area contributed by atoms with Crippen molar-refractivity contribution in [1.29, 1.82) is 0 Å². The number of benzene rings is 1. The number of pyridine rings is 2. The molecule has 0 spiro atoms. The van der Waals surface area contributed by atoms with Crippen molar-refractivity contribution in [2.75, 3.05) is 0 Å². The number of fused-ring (bicyclic) bond motifs is 3. The molecule has 4 rings (SSSR count). The second-order valence-corrected chi connectivity index (χ2v) is 5.75. The van der Waals surface area contributed by atoms with Crippen LogP contribution in [-0.2, 0) is 0 Å². The first-order chi connectivity index (χ1) is 9.83. The molecule has 0 radical (unpaired) electrons. The van der Waals surface area contributed by atoms with Gasteiger partial charge in [-0.05, 0) is 29.1 Å². The van der Waals surface area contributed by atoms with E-state index in [1.54, 1.807) is 21.8 Å². The highest BCUT2D eigenvalue weighted by Crippen LogP contribution is 2.35. The zero-order valence-electron chi connectivity index (χ0n) is 10.6. The molecule has 2 nitrogen and oxygen atoms in total. The summed E-state index contributed by atoms with van der Waals surface area (Å²) >= 11 is 1.73. The van der Waals surface area contributed by atoms with Crippen molar-refractivity contribution in [1.82, 2.24) is 4.40 Å². The third kappa shape index (κ3) is 1.67. The molecule has 0 unspecified atom stereocenters. The van der Waals surface area contributed by atoms with Gasteiger partial charge in [0, 0.05) is 17.1 Å². The quantitative estimate of drug-likeness (QED) is 0.511. The van der Waals surface area contributed by atoms with Crippen LogP contribution in [0.4, 0.5) is 0 Å². The molecule has 0 aliphatic carbocycles. The van der Waals surface area contributed by atoms with E-state index in [0.717, 1.165) is 10.2 Å². The Labute approximate surface area is 119 Å². The topological polar surface area (TPSA) is 21.5 Å². The summed E-state index contributed by atoms with van der Waals surface area (Å²) in [5.41, 5.74) is 2.20. The summed E-state index contributed by atoms with van der Waals surface area (Å²) in [7, 11) is 0. The minimum Gasteiger partial charge on any atom is -0.283 e. The summed E-state index contributed by atoms with van der Waals surface area (Å²) in [4.78, 5) is 13.1. The molecule has 0 saturated heterocycles. The highest BCUT2D eigenvalue weighted by Gasteiger charge is 2.07. The number of hydrogen-bond donors (Lipinski definition) is 0. The molecule has 0 aliphatic heterocycles. The van der Waals surface area contributed by atoms with Crippen LogP contribution in [0.1, 0.15) is 0 Å². The van der Waals surface area contributed by atoms with Crippen LogP contribution in [0.25, 0.3) is 26.0 Å². The fourth-order valence-corrected chi connectivity index (χ4v) is 3.64. The van der Waals surface area contributed by atoms with Crippen molar-refractivity contribution in [2.45, 2.75) is 0 Å². The molecule has 0 atom stereocenters. The van der Waals surface area contributed by atoms with Gasteiger partial charge in [0.25, 0.3) is 5.56 Å². The Bertz CT molecular complexity index is 967. The maximum absolute atomic E-state index is 11.9. The monoisotopic (exact) mass is 277 g/mol.